The van der Waals surface area contributed by atoms with Crippen LogP contribution in [0.3, 0.4) is 0 Å². The Kier molecular flexibility index (Phi) is 19.7. The van der Waals surface area contributed by atoms with Crippen molar-refractivity contribution in [3.05, 3.63) is 12.2 Å². The lowest BCUT2D eigenvalue weighted by molar-refractivity contribution is -0.215. The summed E-state index contributed by atoms with van der Waals surface area (Å²) in [7, 11) is 0. The van der Waals surface area contributed by atoms with Gasteiger partial charge in [-0.05, 0) is 70.1 Å². The van der Waals surface area contributed by atoms with Crippen molar-refractivity contribution in [2.24, 2.45) is 10.8 Å². The third-order valence-electron chi connectivity index (χ3n) is 9.14. The van der Waals surface area contributed by atoms with Gasteiger partial charge in [-0.3, -0.25) is 0 Å². The average Bonchev–Trinajstić information content (AvgIpc) is 2.90. The van der Waals surface area contributed by atoms with Gasteiger partial charge in [0.2, 0.25) is 0 Å². The van der Waals surface area contributed by atoms with Crippen LogP contribution in [0.2, 0.25) is 0 Å². The summed E-state index contributed by atoms with van der Waals surface area (Å²) in [6, 6.07) is 0. The van der Waals surface area contributed by atoms with E-state index in [0.717, 1.165) is 64.2 Å². The second-order valence-electron chi connectivity index (χ2n) is 12.0. The molecule has 0 spiro atoms. The molecular formula is C34H66O3. The van der Waals surface area contributed by atoms with Gasteiger partial charge in [-0.2, -0.15) is 0 Å². The van der Waals surface area contributed by atoms with Gasteiger partial charge in [0.05, 0.1) is 0 Å². The Bertz CT molecular complexity index is 556. The molecule has 0 aromatic heterocycles. The number of aliphatic hydroxyl groups is 1. The van der Waals surface area contributed by atoms with Crippen molar-refractivity contribution in [3.8, 4) is 0 Å². The van der Waals surface area contributed by atoms with Gasteiger partial charge in [0.25, 0.3) is 0 Å². The zero-order chi connectivity index (χ0) is 28.2. The third kappa shape index (κ3) is 10.3. The van der Waals surface area contributed by atoms with Gasteiger partial charge >= 0.3 is 5.97 Å². The van der Waals surface area contributed by atoms with Crippen LogP contribution in [0.5, 0.6) is 0 Å². The number of carbonyl (C=O) groups excluding carboxylic acids is 1. The molecule has 0 aliphatic carbocycles. The fourth-order valence-corrected chi connectivity index (χ4v) is 7.08. The van der Waals surface area contributed by atoms with Crippen LogP contribution in [0.1, 0.15) is 177 Å². The zero-order valence-electron chi connectivity index (χ0n) is 26.3. The van der Waals surface area contributed by atoms with Crippen molar-refractivity contribution < 1.29 is 14.6 Å². The highest BCUT2D eigenvalue weighted by atomic mass is 16.6. The fourth-order valence-electron chi connectivity index (χ4n) is 7.08. The summed E-state index contributed by atoms with van der Waals surface area (Å²) in [4.78, 5) is 13.5. The maximum atomic E-state index is 13.5. The Morgan fingerprint density at radius 3 is 1.32 bits per heavy atom. The SMILES string of the molecule is C=C(C)C(=O)OC(CCCC)(CCCO)C(CCCC)(CCCC)C(CCCC)(CCCC)CCCC. The predicted octanol–water partition coefficient (Wildman–Crippen LogP) is 10.7. The summed E-state index contributed by atoms with van der Waals surface area (Å²) >= 11 is 0. The van der Waals surface area contributed by atoms with Gasteiger partial charge < -0.3 is 9.84 Å². The highest BCUT2D eigenvalue weighted by Crippen LogP contribution is 2.64. The molecule has 0 rings (SSSR count). The normalized spacial score (nSPS) is 13.9. The molecule has 0 aliphatic rings. The van der Waals surface area contributed by atoms with Crippen LogP contribution >= 0.6 is 0 Å². The molecule has 0 saturated carbocycles. The minimum Gasteiger partial charge on any atom is -0.455 e. The Hall–Kier alpha value is -0.830. The van der Waals surface area contributed by atoms with E-state index in [1.807, 2.05) is 0 Å². The van der Waals surface area contributed by atoms with Crippen molar-refractivity contribution in [2.75, 3.05) is 6.61 Å². The number of hydrogen-bond donors (Lipinski definition) is 1. The van der Waals surface area contributed by atoms with Crippen LogP contribution in [0.25, 0.3) is 0 Å². The molecule has 0 aromatic carbocycles. The molecule has 3 nitrogen and oxygen atoms in total. The van der Waals surface area contributed by atoms with E-state index in [4.69, 9.17) is 4.74 Å². The maximum Gasteiger partial charge on any atom is 0.333 e. The molecule has 0 saturated heterocycles. The molecular weight excluding hydrogens is 456 g/mol. The van der Waals surface area contributed by atoms with Crippen LogP contribution in [-0.4, -0.2) is 23.3 Å². The first-order chi connectivity index (χ1) is 17.8. The third-order valence-corrected chi connectivity index (χ3v) is 9.14. The number of unbranched alkanes of at least 4 members (excludes halogenated alkanes) is 6. The van der Waals surface area contributed by atoms with Gasteiger partial charge in [0.1, 0.15) is 5.60 Å². The largest absolute Gasteiger partial charge is 0.455 e. The van der Waals surface area contributed by atoms with E-state index >= 15 is 0 Å². The second kappa shape index (κ2) is 20.1. The van der Waals surface area contributed by atoms with Crippen molar-refractivity contribution in [1.82, 2.24) is 0 Å². The molecule has 3 heteroatoms. The van der Waals surface area contributed by atoms with E-state index in [9.17, 15) is 9.90 Å². The zero-order valence-corrected chi connectivity index (χ0v) is 26.3. The Balaban J connectivity index is 7.61. The number of carbonyl (C=O) groups is 1. The average molecular weight is 523 g/mol. The first-order valence-corrected chi connectivity index (χ1v) is 16.2. The van der Waals surface area contributed by atoms with Crippen LogP contribution < -0.4 is 0 Å². The molecule has 1 N–H and O–H groups in total. The number of hydrogen-bond acceptors (Lipinski definition) is 3. The number of aliphatic hydroxyl groups excluding tert-OH is 1. The molecule has 0 fully saturated rings. The molecule has 0 radical (unpaired) electrons. The van der Waals surface area contributed by atoms with E-state index < -0.39 is 5.60 Å². The first-order valence-electron chi connectivity index (χ1n) is 16.2. The van der Waals surface area contributed by atoms with Crippen LogP contribution in [0.4, 0.5) is 0 Å². The van der Waals surface area contributed by atoms with Gasteiger partial charge in [0, 0.05) is 17.6 Å². The summed E-state index contributed by atoms with van der Waals surface area (Å²) in [5, 5.41) is 10.1. The van der Waals surface area contributed by atoms with E-state index in [0.29, 0.717) is 12.0 Å². The smallest absolute Gasteiger partial charge is 0.333 e. The maximum absolute atomic E-state index is 13.5. The molecule has 0 heterocycles. The molecule has 0 aromatic rings. The molecule has 0 aliphatic heterocycles. The van der Waals surface area contributed by atoms with Crippen LogP contribution in [0.15, 0.2) is 12.2 Å². The van der Waals surface area contributed by atoms with Crippen molar-refractivity contribution in [2.45, 2.75) is 182 Å². The van der Waals surface area contributed by atoms with Crippen molar-refractivity contribution in [1.29, 1.82) is 0 Å². The molecule has 0 amide bonds. The molecule has 1 unspecified atom stereocenters. The minimum atomic E-state index is -0.568. The van der Waals surface area contributed by atoms with E-state index in [2.05, 4.69) is 48.1 Å². The highest BCUT2D eigenvalue weighted by Gasteiger charge is 2.61. The number of ether oxygens (including phenoxy) is 1. The van der Waals surface area contributed by atoms with Gasteiger partial charge in [-0.15, -0.1) is 0 Å². The van der Waals surface area contributed by atoms with Gasteiger partial charge in [-0.1, -0.05) is 119 Å². The monoisotopic (exact) mass is 523 g/mol. The Morgan fingerprint density at radius 1 is 0.622 bits per heavy atom. The quantitative estimate of drug-likeness (QED) is 0.0957. The second-order valence-corrected chi connectivity index (χ2v) is 12.0. The van der Waals surface area contributed by atoms with Gasteiger partial charge in [-0.25, -0.2) is 4.79 Å². The van der Waals surface area contributed by atoms with Crippen molar-refractivity contribution >= 4 is 5.97 Å². The summed E-state index contributed by atoms with van der Waals surface area (Å²) in [5.74, 6) is -0.234. The lowest BCUT2D eigenvalue weighted by Crippen LogP contribution is -2.60. The van der Waals surface area contributed by atoms with E-state index in [1.165, 1.54) is 57.8 Å². The Labute approximate surface area is 232 Å². The van der Waals surface area contributed by atoms with Crippen molar-refractivity contribution in [3.63, 3.8) is 0 Å². The number of rotatable bonds is 25. The summed E-state index contributed by atoms with van der Waals surface area (Å²) < 4.78 is 6.86. The lowest BCUT2D eigenvalue weighted by Gasteiger charge is -2.62. The lowest BCUT2D eigenvalue weighted by atomic mass is 9.46. The molecule has 0 bridgehead atoms. The number of esters is 1. The van der Waals surface area contributed by atoms with E-state index in [-0.39, 0.29) is 23.4 Å². The molecule has 220 valence electrons. The van der Waals surface area contributed by atoms with Gasteiger partial charge in [0.15, 0.2) is 0 Å². The summed E-state index contributed by atoms with van der Waals surface area (Å²) in [5.41, 5.74) is -0.0358. The highest BCUT2D eigenvalue weighted by molar-refractivity contribution is 5.87. The molecule has 1 atom stereocenters. The minimum absolute atomic E-state index is 0.0962. The first kappa shape index (κ1) is 36.2. The van der Waals surface area contributed by atoms with Crippen LogP contribution in [-0.2, 0) is 9.53 Å². The van der Waals surface area contributed by atoms with E-state index in [1.54, 1.807) is 6.92 Å². The Morgan fingerprint density at radius 2 is 0.973 bits per heavy atom. The topological polar surface area (TPSA) is 46.5 Å². The fraction of sp³-hybridized carbons (Fsp3) is 0.912. The standard InChI is InChI=1S/C34H66O3/c1-9-15-22-32(23-16-10-2,24-17-11-3)33(25-18-12-4,26-19-13-5)34(27-20-14-6,28-21-29-35)37-31(36)30(7)8/h35H,7,9-29H2,1-6,8H3. The summed E-state index contributed by atoms with van der Waals surface area (Å²) in [6.07, 6.45) is 22.2. The van der Waals surface area contributed by atoms with Crippen LogP contribution in [0, 0.1) is 10.8 Å². The predicted molar refractivity (Wildman–Crippen MR) is 162 cm³/mol. The summed E-state index contributed by atoms with van der Waals surface area (Å²) in [6.45, 7) is 19.7. The molecule has 37 heavy (non-hydrogen) atoms.